The lowest BCUT2D eigenvalue weighted by Gasteiger charge is -2.34. The lowest BCUT2D eigenvalue weighted by Crippen LogP contribution is -2.48. The van der Waals surface area contributed by atoms with Gasteiger partial charge in [-0.15, -0.1) is 0 Å². The molecule has 0 radical (unpaired) electrons. The standard InChI is InChI=1S/C23H21BrClN7O2S/c24-30-22-19-13-15(1-7-20(19)28-23(26)29-22)16-2-8-21(27-14-16)31-9-11-32(12-10-31)35(33,34)18-5-3-17(25)4-6-18/h1-8,13-14H,9-12H2,(H3,26,28,29,30). The summed E-state index contributed by atoms with van der Waals surface area (Å²) in [6, 6.07) is 16.0. The predicted octanol–water partition coefficient (Wildman–Crippen LogP) is 4.16. The number of benzene rings is 2. The Labute approximate surface area is 216 Å². The fourth-order valence-electron chi connectivity index (χ4n) is 4.06. The highest BCUT2D eigenvalue weighted by Crippen LogP contribution is 2.29. The van der Waals surface area contributed by atoms with E-state index in [1.807, 2.05) is 36.5 Å². The van der Waals surface area contributed by atoms with Gasteiger partial charge in [-0.3, -0.25) is 0 Å². The lowest BCUT2D eigenvalue weighted by atomic mass is 10.1. The molecular weight excluding hydrogens is 554 g/mol. The van der Waals surface area contributed by atoms with Gasteiger partial charge in [0.15, 0.2) is 0 Å². The smallest absolute Gasteiger partial charge is 0.243 e. The average molecular weight is 575 g/mol. The Morgan fingerprint density at radius 2 is 1.66 bits per heavy atom. The molecule has 35 heavy (non-hydrogen) atoms. The molecule has 5 rings (SSSR count). The minimum absolute atomic E-state index is 0.194. The molecule has 9 nitrogen and oxygen atoms in total. The summed E-state index contributed by atoms with van der Waals surface area (Å²) in [4.78, 5) is 15.5. The van der Waals surface area contributed by atoms with Crippen molar-refractivity contribution in [3.8, 4) is 11.1 Å². The Morgan fingerprint density at radius 3 is 2.31 bits per heavy atom. The number of nitrogens with one attached hydrogen (secondary N) is 1. The molecule has 1 aliphatic rings. The molecule has 0 saturated carbocycles. The van der Waals surface area contributed by atoms with E-state index in [0.29, 0.717) is 37.0 Å². The maximum absolute atomic E-state index is 12.9. The fraction of sp³-hybridized carbons (Fsp3) is 0.174. The molecule has 0 spiro atoms. The number of nitrogen functional groups attached to an aromatic ring is 1. The van der Waals surface area contributed by atoms with Gasteiger partial charge in [0.1, 0.15) is 11.6 Å². The maximum atomic E-state index is 12.9. The molecule has 1 fully saturated rings. The quantitative estimate of drug-likeness (QED) is 0.341. The molecule has 1 saturated heterocycles. The van der Waals surface area contributed by atoms with Crippen molar-refractivity contribution in [1.29, 1.82) is 0 Å². The third-order valence-electron chi connectivity index (χ3n) is 5.90. The summed E-state index contributed by atoms with van der Waals surface area (Å²) in [7, 11) is -3.55. The number of hydrogen-bond acceptors (Lipinski definition) is 8. The van der Waals surface area contributed by atoms with Crippen molar-refractivity contribution >= 4 is 66.3 Å². The van der Waals surface area contributed by atoms with Crippen LogP contribution in [0.1, 0.15) is 0 Å². The molecule has 4 aromatic rings. The lowest BCUT2D eigenvalue weighted by molar-refractivity contribution is 0.384. The van der Waals surface area contributed by atoms with Gasteiger partial charge in [-0.05, 0) is 54.1 Å². The summed E-state index contributed by atoms with van der Waals surface area (Å²) >= 11 is 9.11. The van der Waals surface area contributed by atoms with Crippen LogP contribution in [0.2, 0.25) is 5.02 Å². The first kappa shape index (κ1) is 23.7. The molecule has 0 unspecified atom stereocenters. The zero-order valence-corrected chi connectivity index (χ0v) is 21.6. The first-order chi connectivity index (χ1) is 16.8. The molecule has 0 bridgehead atoms. The van der Waals surface area contributed by atoms with E-state index in [-0.39, 0.29) is 10.8 Å². The molecule has 3 N–H and O–H groups in total. The zero-order valence-electron chi connectivity index (χ0n) is 18.4. The third kappa shape index (κ3) is 4.76. The van der Waals surface area contributed by atoms with Crippen molar-refractivity contribution in [3.05, 3.63) is 65.8 Å². The molecule has 12 heteroatoms. The normalized spacial score (nSPS) is 14.9. The van der Waals surface area contributed by atoms with Gasteiger partial charge in [-0.2, -0.15) is 9.29 Å². The van der Waals surface area contributed by atoms with Crippen molar-refractivity contribution in [3.63, 3.8) is 0 Å². The van der Waals surface area contributed by atoms with Crippen LogP contribution in [-0.4, -0.2) is 53.9 Å². The monoisotopic (exact) mass is 573 g/mol. The number of aromatic nitrogens is 3. The van der Waals surface area contributed by atoms with Crippen LogP contribution in [0.4, 0.5) is 17.6 Å². The van der Waals surface area contributed by atoms with Crippen LogP contribution in [0.15, 0.2) is 65.7 Å². The van der Waals surface area contributed by atoms with Crippen molar-refractivity contribution in [1.82, 2.24) is 19.3 Å². The van der Waals surface area contributed by atoms with Gasteiger partial charge in [0.2, 0.25) is 16.0 Å². The second-order valence-corrected chi connectivity index (χ2v) is 10.8. The predicted molar refractivity (Wildman–Crippen MR) is 142 cm³/mol. The third-order valence-corrected chi connectivity index (χ3v) is 8.44. The van der Waals surface area contributed by atoms with Crippen molar-refractivity contribution in [2.24, 2.45) is 0 Å². The Morgan fingerprint density at radius 1 is 0.943 bits per heavy atom. The average Bonchev–Trinajstić information content (AvgIpc) is 2.88. The van der Waals surface area contributed by atoms with Gasteiger partial charge >= 0.3 is 0 Å². The van der Waals surface area contributed by atoms with E-state index in [0.717, 1.165) is 27.8 Å². The molecule has 180 valence electrons. The highest BCUT2D eigenvalue weighted by Gasteiger charge is 2.28. The second-order valence-electron chi connectivity index (χ2n) is 8.01. The van der Waals surface area contributed by atoms with E-state index in [1.54, 1.807) is 12.1 Å². The number of anilines is 3. The first-order valence-electron chi connectivity index (χ1n) is 10.8. The fourth-order valence-corrected chi connectivity index (χ4v) is 5.91. The van der Waals surface area contributed by atoms with Crippen molar-refractivity contribution < 1.29 is 8.42 Å². The van der Waals surface area contributed by atoms with Crippen LogP contribution in [0.3, 0.4) is 0 Å². The van der Waals surface area contributed by atoms with Gasteiger partial charge in [-0.1, -0.05) is 17.7 Å². The van der Waals surface area contributed by atoms with E-state index in [4.69, 9.17) is 17.3 Å². The van der Waals surface area contributed by atoms with E-state index in [9.17, 15) is 8.42 Å². The topological polar surface area (TPSA) is 117 Å². The van der Waals surface area contributed by atoms with Crippen LogP contribution in [0, 0.1) is 0 Å². The van der Waals surface area contributed by atoms with Gasteiger partial charge in [0, 0.05) is 64.5 Å². The summed E-state index contributed by atoms with van der Waals surface area (Å²) in [5.74, 6) is 1.58. The highest BCUT2D eigenvalue weighted by atomic mass is 79.9. The number of hydrogen-bond donors (Lipinski definition) is 2. The maximum Gasteiger partial charge on any atom is 0.243 e. The van der Waals surface area contributed by atoms with E-state index >= 15 is 0 Å². The molecular formula is C23H21BrClN7O2S. The van der Waals surface area contributed by atoms with Crippen LogP contribution in [-0.2, 0) is 10.0 Å². The largest absolute Gasteiger partial charge is 0.368 e. The summed E-state index contributed by atoms with van der Waals surface area (Å²) < 4.78 is 30.2. The number of halogens is 2. The SMILES string of the molecule is Nc1nc(NBr)c2cc(-c3ccc(N4CCN(S(=O)(=O)c5ccc(Cl)cc5)CC4)nc3)ccc2n1. The van der Waals surface area contributed by atoms with Crippen LogP contribution in [0.5, 0.6) is 0 Å². The Hall–Kier alpha value is -2.99. The zero-order chi connectivity index (χ0) is 24.6. The molecule has 0 amide bonds. The van der Waals surface area contributed by atoms with Crippen LogP contribution >= 0.6 is 27.7 Å². The van der Waals surface area contributed by atoms with E-state index < -0.39 is 10.0 Å². The van der Waals surface area contributed by atoms with Gasteiger partial charge in [0.05, 0.1) is 10.4 Å². The highest BCUT2D eigenvalue weighted by molar-refractivity contribution is 9.10. The minimum atomic E-state index is -3.55. The molecule has 3 heterocycles. The van der Waals surface area contributed by atoms with Crippen LogP contribution < -0.4 is 15.0 Å². The van der Waals surface area contributed by atoms with E-state index in [1.165, 1.54) is 16.4 Å². The number of rotatable bonds is 5. The van der Waals surface area contributed by atoms with Crippen molar-refractivity contribution in [2.45, 2.75) is 4.90 Å². The molecule has 1 aliphatic heterocycles. The number of piperazine rings is 1. The summed E-state index contributed by atoms with van der Waals surface area (Å²) in [6.07, 6.45) is 1.81. The van der Waals surface area contributed by atoms with E-state index in [2.05, 4.69) is 40.3 Å². The second kappa shape index (κ2) is 9.57. The number of sulfonamides is 1. The molecule has 0 aliphatic carbocycles. The summed E-state index contributed by atoms with van der Waals surface area (Å²) in [6.45, 7) is 1.86. The number of fused-ring (bicyclic) bond motifs is 1. The Balaban J connectivity index is 1.30. The number of nitrogens with two attached hydrogens (primary N) is 1. The van der Waals surface area contributed by atoms with Crippen LogP contribution in [0.25, 0.3) is 22.0 Å². The van der Waals surface area contributed by atoms with Crippen molar-refractivity contribution in [2.75, 3.05) is 41.2 Å². The molecule has 2 aromatic heterocycles. The number of pyridine rings is 1. The molecule has 2 aromatic carbocycles. The number of nitrogens with zero attached hydrogens (tertiary/aromatic N) is 5. The summed E-state index contributed by atoms with van der Waals surface area (Å²) in [5.41, 5.74) is 8.41. The first-order valence-corrected chi connectivity index (χ1v) is 13.4. The Bertz CT molecular complexity index is 1480. The van der Waals surface area contributed by atoms with Gasteiger partial charge < -0.3 is 15.0 Å². The molecule has 0 atom stereocenters. The summed E-state index contributed by atoms with van der Waals surface area (Å²) in [5, 5.41) is 1.33. The van der Waals surface area contributed by atoms with Gasteiger partial charge in [-0.25, -0.2) is 18.4 Å². The van der Waals surface area contributed by atoms with Gasteiger partial charge in [0.25, 0.3) is 0 Å². The Kier molecular flexibility index (Phi) is 6.49. The minimum Gasteiger partial charge on any atom is -0.368 e.